The fraction of sp³-hybridized carbons (Fsp3) is 0.615. The van der Waals surface area contributed by atoms with Crippen LogP contribution in [0.15, 0.2) is 16.8 Å². The Labute approximate surface area is 107 Å². The van der Waals surface area contributed by atoms with E-state index < -0.39 is 0 Å². The molecule has 0 atom stereocenters. The van der Waals surface area contributed by atoms with Gasteiger partial charge in [-0.15, -0.1) is 0 Å². The summed E-state index contributed by atoms with van der Waals surface area (Å²) >= 11 is 1.66. The molecule has 1 heterocycles. The van der Waals surface area contributed by atoms with Gasteiger partial charge in [0.2, 0.25) is 5.91 Å². The van der Waals surface area contributed by atoms with Gasteiger partial charge in [0, 0.05) is 26.6 Å². The predicted molar refractivity (Wildman–Crippen MR) is 71.1 cm³/mol. The van der Waals surface area contributed by atoms with Gasteiger partial charge in [-0.05, 0) is 28.3 Å². The van der Waals surface area contributed by atoms with Crippen molar-refractivity contribution in [3.63, 3.8) is 0 Å². The SMILES string of the molecule is COCCN(Cc1ccsc1)C(=O)CC(C)C. The number of ether oxygens (including phenoxy) is 1. The molecule has 0 bridgehead atoms. The van der Waals surface area contributed by atoms with E-state index >= 15 is 0 Å². The van der Waals surface area contributed by atoms with Crippen LogP contribution in [-0.2, 0) is 16.1 Å². The van der Waals surface area contributed by atoms with Crippen LogP contribution in [0.25, 0.3) is 0 Å². The Morgan fingerprint density at radius 1 is 1.53 bits per heavy atom. The van der Waals surface area contributed by atoms with Gasteiger partial charge in [0.15, 0.2) is 0 Å². The zero-order valence-electron chi connectivity index (χ0n) is 10.8. The third-order valence-electron chi connectivity index (χ3n) is 2.45. The van der Waals surface area contributed by atoms with Gasteiger partial charge in [-0.2, -0.15) is 11.3 Å². The number of hydrogen-bond donors (Lipinski definition) is 0. The Morgan fingerprint density at radius 2 is 2.29 bits per heavy atom. The Hall–Kier alpha value is -0.870. The van der Waals surface area contributed by atoms with E-state index in [0.29, 0.717) is 32.0 Å². The Balaban J connectivity index is 2.56. The minimum absolute atomic E-state index is 0.211. The van der Waals surface area contributed by atoms with Gasteiger partial charge in [0.1, 0.15) is 0 Å². The summed E-state index contributed by atoms with van der Waals surface area (Å²) in [6.07, 6.45) is 0.605. The minimum Gasteiger partial charge on any atom is -0.383 e. The van der Waals surface area contributed by atoms with Crippen molar-refractivity contribution in [1.29, 1.82) is 0 Å². The van der Waals surface area contributed by atoms with Crippen LogP contribution in [0, 0.1) is 5.92 Å². The van der Waals surface area contributed by atoms with E-state index in [1.165, 1.54) is 5.56 Å². The van der Waals surface area contributed by atoms with Crippen LogP contribution < -0.4 is 0 Å². The Kier molecular flexibility index (Phi) is 6.22. The topological polar surface area (TPSA) is 29.5 Å². The highest BCUT2D eigenvalue weighted by molar-refractivity contribution is 7.07. The van der Waals surface area contributed by atoms with E-state index in [0.717, 1.165) is 0 Å². The first-order chi connectivity index (χ1) is 8.13. The zero-order valence-corrected chi connectivity index (χ0v) is 11.6. The number of thiophene rings is 1. The first-order valence-corrected chi connectivity index (χ1v) is 6.85. The molecule has 0 aromatic carbocycles. The van der Waals surface area contributed by atoms with Crippen LogP contribution >= 0.6 is 11.3 Å². The highest BCUT2D eigenvalue weighted by atomic mass is 32.1. The maximum atomic E-state index is 12.1. The van der Waals surface area contributed by atoms with E-state index in [2.05, 4.69) is 25.3 Å². The number of carbonyl (C=O) groups excluding carboxylic acids is 1. The van der Waals surface area contributed by atoms with E-state index in [4.69, 9.17) is 4.74 Å². The molecule has 17 heavy (non-hydrogen) atoms. The normalized spacial score (nSPS) is 10.8. The number of amides is 1. The molecule has 96 valence electrons. The van der Waals surface area contributed by atoms with Crippen molar-refractivity contribution in [2.45, 2.75) is 26.8 Å². The maximum Gasteiger partial charge on any atom is 0.223 e. The molecule has 0 aliphatic carbocycles. The van der Waals surface area contributed by atoms with Crippen molar-refractivity contribution in [3.05, 3.63) is 22.4 Å². The number of rotatable bonds is 7. The summed E-state index contributed by atoms with van der Waals surface area (Å²) in [5, 5.41) is 4.12. The third-order valence-corrected chi connectivity index (χ3v) is 3.19. The van der Waals surface area contributed by atoms with Crippen LogP contribution in [0.3, 0.4) is 0 Å². The molecule has 0 fully saturated rings. The lowest BCUT2D eigenvalue weighted by Gasteiger charge is -2.23. The molecule has 0 unspecified atom stereocenters. The Bertz CT molecular complexity index is 322. The monoisotopic (exact) mass is 255 g/mol. The van der Waals surface area contributed by atoms with E-state index in [-0.39, 0.29) is 5.91 Å². The van der Waals surface area contributed by atoms with Crippen LogP contribution in [0.2, 0.25) is 0 Å². The van der Waals surface area contributed by atoms with Gasteiger partial charge in [0.25, 0.3) is 0 Å². The Morgan fingerprint density at radius 3 is 2.82 bits per heavy atom. The maximum absolute atomic E-state index is 12.1. The van der Waals surface area contributed by atoms with Crippen LogP contribution in [0.5, 0.6) is 0 Å². The zero-order chi connectivity index (χ0) is 12.7. The third kappa shape index (κ3) is 5.33. The van der Waals surface area contributed by atoms with Crippen molar-refractivity contribution in [3.8, 4) is 0 Å². The molecule has 4 heteroatoms. The van der Waals surface area contributed by atoms with Gasteiger partial charge < -0.3 is 9.64 Å². The second kappa shape index (κ2) is 7.45. The van der Waals surface area contributed by atoms with Gasteiger partial charge in [0.05, 0.1) is 6.61 Å². The minimum atomic E-state index is 0.211. The van der Waals surface area contributed by atoms with Gasteiger partial charge >= 0.3 is 0 Å². The van der Waals surface area contributed by atoms with Gasteiger partial charge in [-0.3, -0.25) is 4.79 Å². The highest BCUT2D eigenvalue weighted by Gasteiger charge is 2.15. The fourth-order valence-corrected chi connectivity index (χ4v) is 2.23. The summed E-state index contributed by atoms with van der Waals surface area (Å²) < 4.78 is 5.06. The van der Waals surface area contributed by atoms with Crippen molar-refractivity contribution < 1.29 is 9.53 Å². The summed E-state index contributed by atoms with van der Waals surface area (Å²) in [5.41, 5.74) is 1.20. The van der Waals surface area contributed by atoms with Crippen molar-refractivity contribution in [1.82, 2.24) is 4.90 Å². The van der Waals surface area contributed by atoms with Crippen LogP contribution in [0.4, 0.5) is 0 Å². The number of methoxy groups -OCH3 is 1. The summed E-state index contributed by atoms with van der Waals surface area (Å²) in [4.78, 5) is 13.9. The summed E-state index contributed by atoms with van der Waals surface area (Å²) in [6.45, 7) is 6.08. The quantitative estimate of drug-likeness (QED) is 0.750. The molecule has 0 saturated carbocycles. The second-order valence-corrected chi connectivity index (χ2v) is 5.32. The van der Waals surface area contributed by atoms with Crippen molar-refractivity contribution in [2.75, 3.05) is 20.3 Å². The average Bonchev–Trinajstić information content (AvgIpc) is 2.75. The van der Waals surface area contributed by atoms with Crippen molar-refractivity contribution >= 4 is 17.2 Å². The molecular weight excluding hydrogens is 234 g/mol. The van der Waals surface area contributed by atoms with Gasteiger partial charge in [-0.1, -0.05) is 13.8 Å². The lowest BCUT2D eigenvalue weighted by atomic mass is 10.1. The fourth-order valence-electron chi connectivity index (χ4n) is 1.57. The molecule has 0 N–H and O–H groups in total. The van der Waals surface area contributed by atoms with E-state index in [1.807, 2.05) is 10.3 Å². The van der Waals surface area contributed by atoms with Crippen molar-refractivity contribution in [2.24, 2.45) is 5.92 Å². The van der Waals surface area contributed by atoms with Crippen LogP contribution in [-0.4, -0.2) is 31.1 Å². The summed E-state index contributed by atoms with van der Waals surface area (Å²) in [7, 11) is 1.66. The molecule has 1 aromatic heterocycles. The first-order valence-electron chi connectivity index (χ1n) is 5.91. The largest absolute Gasteiger partial charge is 0.383 e. The number of nitrogens with zero attached hydrogens (tertiary/aromatic N) is 1. The first kappa shape index (κ1) is 14.2. The highest BCUT2D eigenvalue weighted by Crippen LogP contribution is 2.12. The molecular formula is C13H21NO2S. The van der Waals surface area contributed by atoms with E-state index in [1.54, 1.807) is 18.4 Å². The summed E-state index contributed by atoms with van der Waals surface area (Å²) in [6, 6.07) is 2.06. The smallest absolute Gasteiger partial charge is 0.223 e. The molecule has 0 saturated heterocycles. The number of hydrogen-bond acceptors (Lipinski definition) is 3. The molecule has 0 spiro atoms. The summed E-state index contributed by atoms with van der Waals surface area (Å²) in [5.74, 6) is 0.610. The predicted octanol–water partition coefficient (Wildman–Crippen LogP) is 2.77. The second-order valence-electron chi connectivity index (χ2n) is 4.54. The molecule has 1 rings (SSSR count). The van der Waals surface area contributed by atoms with Crippen LogP contribution in [0.1, 0.15) is 25.8 Å². The van der Waals surface area contributed by atoms with E-state index in [9.17, 15) is 4.79 Å². The lowest BCUT2D eigenvalue weighted by molar-refractivity contribution is -0.133. The number of carbonyl (C=O) groups is 1. The lowest BCUT2D eigenvalue weighted by Crippen LogP contribution is -2.33. The molecule has 0 radical (unpaired) electrons. The molecule has 1 amide bonds. The molecule has 0 aliphatic heterocycles. The average molecular weight is 255 g/mol. The molecule has 0 aliphatic rings. The molecule has 3 nitrogen and oxygen atoms in total. The standard InChI is InChI=1S/C13H21NO2S/c1-11(2)8-13(15)14(5-6-16-3)9-12-4-7-17-10-12/h4,7,10-11H,5-6,8-9H2,1-3H3. The van der Waals surface area contributed by atoms with Gasteiger partial charge in [-0.25, -0.2) is 0 Å². The molecule has 1 aromatic rings.